The summed E-state index contributed by atoms with van der Waals surface area (Å²) in [5.41, 5.74) is -0.165. The Labute approximate surface area is 164 Å². The average molecular weight is 399 g/mol. The zero-order valence-electron chi connectivity index (χ0n) is 15.1. The fourth-order valence-electron chi connectivity index (χ4n) is 2.74. The number of nitrogens with zero attached hydrogens (tertiary/aromatic N) is 3. The van der Waals surface area contributed by atoms with Crippen LogP contribution in [0.3, 0.4) is 0 Å². The van der Waals surface area contributed by atoms with Gasteiger partial charge in [-0.15, -0.1) is 11.3 Å². The summed E-state index contributed by atoms with van der Waals surface area (Å²) in [6.45, 7) is 1.52. The number of thiazole rings is 1. The van der Waals surface area contributed by atoms with Crippen LogP contribution in [-0.4, -0.2) is 54.8 Å². The molecule has 8 nitrogen and oxygen atoms in total. The van der Waals surface area contributed by atoms with E-state index in [0.29, 0.717) is 32.0 Å². The number of amides is 1. The van der Waals surface area contributed by atoms with Gasteiger partial charge < -0.3 is 14.4 Å². The highest BCUT2D eigenvalue weighted by atomic mass is 32.1. The van der Waals surface area contributed by atoms with Crippen LogP contribution >= 0.6 is 11.3 Å². The van der Waals surface area contributed by atoms with Crippen molar-refractivity contribution in [1.82, 2.24) is 9.47 Å². The molecule has 2 heterocycles. The molecule has 0 aliphatic carbocycles. The number of rotatable bonds is 3. The zero-order valence-corrected chi connectivity index (χ0v) is 15.9. The summed E-state index contributed by atoms with van der Waals surface area (Å²) in [5.74, 6) is -1.16. The first-order valence-electron chi connectivity index (χ1n) is 8.45. The number of esters is 1. The molecule has 1 aliphatic heterocycles. The largest absolute Gasteiger partial charge is 0.466 e. The number of methoxy groups -OCH3 is 1. The first-order valence-corrected chi connectivity index (χ1v) is 9.27. The van der Waals surface area contributed by atoms with Crippen molar-refractivity contribution >= 4 is 34.9 Å². The third-order valence-electron chi connectivity index (χ3n) is 4.13. The van der Waals surface area contributed by atoms with Crippen molar-refractivity contribution in [3.8, 4) is 11.8 Å². The second-order valence-electron chi connectivity index (χ2n) is 5.81. The molecule has 0 N–H and O–H groups in total. The van der Waals surface area contributed by atoms with Gasteiger partial charge in [-0.2, -0.15) is 5.26 Å². The maximum absolute atomic E-state index is 12.9. The van der Waals surface area contributed by atoms with E-state index in [4.69, 9.17) is 4.74 Å². The third-order valence-corrected chi connectivity index (χ3v) is 5.22. The van der Waals surface area contributed by atoms with Gasteiger partial charge in [0.25, 0.3) is 11.5 Å². The highest BCUT2D eigenvalue weighted by molar-refractivity contribution is 7.07. The number of hydrogen-bond donors (Lipinski definition) is 0. The lowest BCUT2D eigenvalue weighted by Crippen LogP contribution is -2.42. The maximum Gasteiger partial charge on any atom is 0.332 e. The Hall–Kier alpha value is -3.22. The van der Waals surface area contributed by atoms with E-state index in [0.717, 1.165) is 17.4 Å². The van der Waals surface area contributed by atoms with Crippen molar-refractivity contribution in [3.05, 3.63) is 49.9 Å². The number of para-hydroxylation sites is 1. The van der Waals surface area contributed by atoms with E-state index in [-0.39, 0.29) is 14.8 Å². The first kappa shape index (κ1) is 19.5. The summed E-state index contributed by atoms with van der Waals surface area (Å²) >= 11 is 0.905. The fourth-order valence-corrected chi connectivity index (χ4v) is 3.80. The maximum atomic E-state index is 12.9. The van der Waals surface area contributed by atoms with Gasteiger partial charge in [-0.1, -0.05) is 18.2 Å². The van der Waals surface area contributed by atoms with E-state index in [9.17, 15) is 19.6 Å². The normalized spacial score (nSPS) is 15.7. The van der Waals surface area contributed by atoms with Crippen LogP contribution in [0.1, 0.15) is 0 Å². The fraction of sp³-hybridized carbons (Fsp3) is 0.263. The molecule has 3 rings (SSSR count). The number of hydrogen-bond acceptors (Lipinski definition) is 7. The van der Waals surface area contributed by atoms with Gasteiger partial charge in [0.05, 0.1) is 26.0 Å². The molecule has 1 saturated heterocycles. The lowest BCUT2D eigenvalue weighted by molar-refractivity contribution is -0.133. The molecule has 1 aliphatic rings. The second kappa shape index (κ2) is 8.65. The van der Waals surface area contributed by atoms with Crippen molar-refractivity contribution in [2.45, 2.75) is 0 Å². The van der Waals surface area contributed by atoms with Crippen LogP contribution < -0.4 is 14.8 Å². The molecule has 0 saturated carbocycles. The Kier molecular flexibility index (Phi) is 6.03. The van der Waals surface area contributed by atoms with E-state index in [2.05, 4.69) is 4.74 Å². The van der Waals surface area contributed by atoms with Crippen molar-refractivity contribution in [3.63, 3.8) is 0 Å². The number of nitriles is 1. The minimum atomic E-state index is -0.692. The van der Waals surface area contributed by atoms with E-state index >= 15 is 0 Å². The third kappa shape index (κ3) is 3.88. The quantitative estimate of drug-likeness (QED) is 0.638. The van der Waals surface area contributed by atoms with E-state index in [1.807, 2.05) is 6.07 Å². The SMILES string of the molecule is COC(=O)/C=c1\s/c(=C(\C#N)C(=O)N2CCOCC2)n(-c2ccccc2)c1=O. The van der Waals surface area contributed by atoms with E-state index in [1.165, 1.54) is 16.6 Å². The number of carbonyl (C=O) groups is 2. The minimum Gasteiger partial charge on any atom is -0.466 e. The molecule has 0 unspecified atom stereocenters. The van der Waals surface area contributed by atoms with Gasteiger partial charge in [-0.25, -0.2) is 4.79 Å². The zero-order chi connectivity index (χ0) is 20.1. The molecule has 0 radical (unpaired) electrons. The smallest absolute Gasteiger partial charge is 0.332 e. The van der Waals surface area contributed by atoms with Crippen LogP contribution in [0.15, 0.2) is 35.1 Å². The molecule has 0 spiro atoms. The van der Waals surface area contributed by atoms with Gasteiger partial charge in [0, 0.05) is 19.2 Å². The molecule has 0 bridgehead atoms. The van der Waals surface area contributed by atoms with Gasteiger partial charge >= 0.3 is 5.97 Å². The number of aromatic nitrogens is 1. The van der Waals surface area contributed by atoms with Gasteiger partial charge in [-0.05, 0) is 12.1 Å². The van der Waals surface area contributed by atoms with E-state index in [1.54, 1.807) is 30.3 Å². The van der Waals surface area contributed by atoms with Crippen molar-refractivity contribution < 1.29 is 19.1 Å². The molecule has 144 valence electrons. The summed E-state index contributed by atoms with van der Waals surface area (Å²) in [5, 5.41) is 9.70. The number of carbonyl (C=O) groups excluding carboxylic acids is 2. The monoisotopic (exact) mass is 399 g/mol. The highest BCUT2D eigenvalue weighted by Crippen LogP contribution is 2.07. The summed E-state index contributed by atoms with van der Waals surface area (Å²) < 4.78 is 11.4. The molecule has 0 atom stereocenters. The molecular formula is C19H17N3O5S. The summed E-state index contributed by atoms with van der Waals surface area (Å²) in [7, 11) is 1.21. The Morgan fingerprint density at radius 1 is 1.25 bits per heavy atom. The predicted octanol–water partition coefficient (Wildman–Crippen LogP) is -0.614. The first-order chi connectivity index (χ1) is 13.6. The lowest BCUT2D eigenvalue weighted by atomic mass is 10.2. The molecule has 1 fully saturated rings. The van der Waals surface area contributed by atoms with Crippen molar-refractivity contribution in [1.29, 1.82) is 5.26 Å². The summed E-state index contributed by atoms with van der Waals surface area (Å²) in [6, 6.07) is 10.6. The molecular weight excluding hydrogens is 382 g/mol. The Morgan fingerprint density at radius 2 is 1.93 bits per heavy atom. The second-order valence-corrected chi connectivity index (χ2v) is 6.84. The van der Waals surface area contributed by atoms with Gasteiger partial charge in [0.1, 0.15) is 15.3 Å². The topological polar surface area (TPSA) is 102 Å². The predicted molar refractivity (Wildman–Crippen MR) is 102 cm³/mol. The van der Waals surface area contributed by atoms with Gasteiger partial charge in [0.2, 0.25) is 0 Å². The van der Waals surface area contributed by atoms with Gasteiger partial charge in [-0.3, -0.25) is 14.2 Å². The average Bonchev–Trinajstić information content (AvgIpc) is 3.05. The van der Waals surface area contributed by atoms with Crippen LogP contribution in [0.5, 0.6) is 0 Å². The standard InChI is InChI=1S/C19H17N3O5S/c1-26-16(23)11-15-18(25)22(13-5-3-2-4-6-13)19(28-15)14(12-20)17(24)21-7-9-27-10-8-21/h2-6,11H,7-10H2,1H3/b15-11-,19-14+. The molecule has 1 aromatic carbocycles. The van der Waals surface area contributed by atoms with Crippen LogP contribution in [0.25, 0.3) is 17.3 Å². The molecule has 1 aromatic heterocycles. The summed E-state index contributed by atoms with van der Waals surface area (Å²) in [6.07, 6.45) is 1.06. The van der Waals surface area contributed by atoms with Crippen LogP contribution in [-0.2, 0) is 19.1 Å². The highest BCUT2D eigenvalue weighted by Gasteiger charge is 2.24. The Morgan fingerprint density at radius 3 is 2.54 bits per heavy atom. The van der Waals surface area contributed by atoms with E-state index < -0.39 is 17.4 Å². The number of ether oxygens (including phenoxy) is 2. The summed E-state index contributed by atoms with van der Waals surface area (Å²) in [4.78, 5) is 39.0. The number of benzene rings is 1. The lowest BCUT2D eigenvalue weighted by Gasteiger charge is -2.26. The number of morpholine rings is 1. The van der Waals surface area contributed by atoms with Crippen LogP contribution in [0.2, 0.25) is 0 Å². The van der Waals surface area contributed by atoms with Gasteiger partial charge in [0.15, 0.2) is 5.57 Å². The van der Waals surface area contributed by atoms with Crippen molar-refractivity contribution in [2.75, 3.05) is 33.4 Å². The minimum absolute atomic E-state index is 0.0771. The Balaban J connectivity index is 2.30. The Bertz CT molecular complexity index is 1110. The molecule has 2 aromatic rings. The molecule has 1 amide bonds. The van der Waals surface area contributed by atoms with Crippen LogP contribution in [0.4, 0.5) is 0 Å². The van der Waals surface area contributed by atoms with Crippen LogP contribution in [0, 0.1) is 11.3 Å². The van der Waals surface area contributed by atoms with Crippen molar-refractivity contribution in [2.24, 2.45) is 0 Å². The molecule has 28 heavy (non-hydrogen) atoms. The molecule has 9 heteroatoms.